The molecule has 0 saturated heterocycles. The fourth-order valence-electron chi connectivity index (χ4n) is 3.68. The lowest BCUT2D eigenvalue weighted by Crippen LogP contribution is -2.10. The Hall–Kier alpha value is -3.07. The van der Waals surface area contributed by atoms with Crippen LogP contribution in [-0.4, -0.2) is 34.5 Å². The van der Waals surface area contributed by atoms with Gasteiger partial charge in [0.1, 0.15) is 29.2 Å². The lowest BCUT2D eigenvalue weighted by Gasteiger charge is -2.14. The number of rotatable bonds is 5. The van der Waals surface area contributed by atoms with Crippen molar-refractivity contribution in [1.82, 2.24) is 34.5 Å². The predicted molar refractivity (Wildman–Crippen MR) is 140 cm³/mol. The largest absolute Gasteiger partial charge is 0.294 e. The first-order valence-corrected chi connectivity index (χ1v) is 12.6. The summed E-state index contributed by atoms with van der Waals surface area (Å²) < 4.78 is 3.87. The molecule has 0 aliphatic rings. The van der Waals surface area contributed by atoms with E-state index in [0.29, 0.717) is 22.4 Å². The second kappa shape index (κ2) is 9.18. The maximum Gasteiger partial charge on any atom is 0.168 e. The first-order valence-electron chi connectivity index (χ1n) is 11.0. The number of hydrogen-bond donors (Lipinski definition) is 0. The van der Waals surface area contributed by atoms with Crippen molar-refractivity contribution in [3.63, 3.8) is 0 Å². The van der Waals surface area contributed by atoms with Gasteiger partial charge in [0.2, 0.25) is 0 Å². The fraction of sp³-hybridized carbons (Fsp3) is 0.240. The molecule has 0 N–H and O–H groups in total. The highest BCUT2D eigenvalue weighted by Crippen LogP contribution is 2.38. The number of halogens is 2. The van der Waals surface area contributed by atoms with Crippen LogP contribution in [0.2, 0.25) is 10.0 Å². The molecule has 0 aliphatic carbocycles. The normalized spacial score (nSPS) is 11.8. The van der Waals surface area contributed by atoms with E-state index in [1.54, 1.807) is 28.4 Å². The minimum atomic E-state index is -0.121. The Kier molecular flexibility index (Phi) is 6.21. The first-order chi connectivity index (χ1) is 16.7. The summed E-state index contributed by atoms with van der Waals surface area (Å²) in [4.78, 5) is 9.22. The summed E-state index contributed by atoms with van der Waals surface area (Å²) in [6.45, 7) is 8.86. The van der Waals surface area contributed by atoms with E-state index in [-0.39, 0.29) is 5.41 Å². The van der Waals surface area contributed by atoms with Crippen LogP contribution in [0.15, 0.2) is 55.1 Å². The number of hydrogen-bond acceptors (Lipinski definition) is 6. The monoisotopic (exact) mass is 523 g/mol. The van der Waals surface area contributed by atoms with Crippen LogP contribution < -0.4 is 0 Å². The minimum Gasteiger partial charge on any atom is -0.294 e. The number of benzene rings is 2. The maximum atomic E-state index is 6.67. The zero-order valence-electron chi connectivity index (χ0n) is 19.7. The van der Waals surface area contributed by atoms with Crippen molar-refractivity contribution in [3.05, 3.63) is 81.4 Å². The molecule has 5 rings (SSSR count). The van der Waals surface area contributed by atoms with Gasteiger partial charge in [-0.2, -0.15) is 5.10 Å². The van der Waals surface area contributed by atoms with Gasteiger partial charge in [0, 0.05) is 21.7 Å². The van der Waals surface area contributed by atoms with Crippen molar-refractivity contribution >= 4 is 34.5 Å². The Morgan fingerprint density at radius 3 is 2.40 bits per heavy atom. The van der Waals surface area contributed by atoms with Gasteiger partial charge in [-0.3, -0.25) is 4.57 Å². The molecule has 0 bridgehead atoms. The van der Waals surface area contributed by atoms with Crippen molar-refractivity contribution < 1.29 is 0 Å². The molecule has 7 nitrogen and oxygen atoms in total. The summed E-state index contributed by atoms with van der Waals surface area (Å²) in [5, 5.41) is 16.1. The van der Waals surface area contributed by atoms with Crippen LogP contribution in [0.4, 0.5) is 0 Å². The molecular formula is C25H23Cl2N7S. The van der Waals surface area contributed by atoms with Crippen molar-refractivity contribution in [1.29, 1.82) is 0 Å². The van der Waals surface area contributed by atoms with Gasteiger partial charge in [-0.05, 0) is 37.3 Å². The summed E-state index contributed by atoms with van der Waals surface area (Å²) in [7, 11) is 0. The fourth-order valence-corrected chi connectivity index (χ4v) is 5.09. The Balaban J connectivity index is 1.81. The molecule has 0 radical (unpaired) electrons. The third-order valence-electron chi connectivity index (χ3n) is 5.48. The molecule has 0 fully saturated rings. The highest BCUT2D eigenvalue weighted by atomic mass is 35.5. The van der Waals surface area contributed by atoms with Crippen LogP contribution in [0.25, 0.3) is 27.8 Å². The zero-order chi connectivity index (χ0) is 24.7. The van der Waals surface area contributed by atoms with Gasteiger partial charge in [-0.1, -0.05) is 73.0 Å². The quantitative estimate of drug-likeness (QED) is 0.259. The summed E-state index contributed by atoms with van der Waals surface area (Å²) in [5.74, 6) is 0.688. The molecule has 0 saturated carbocycles. The van der Waals surface area contributed by atoms with Gasteiger partial charge in [-0.25, -0.2) is 14.6 Å². The van der Waals surface area contributed by atoms with Crippen LogP contribution in [0.5, 0.6) is 0 Å². The van der Waals surface area contributed by atoms with E-state index in [1.807, 2.05) is 12.1 Å². The highest BCUT2D eigenvalue weighted by molar-refractivity contribution is 7.14. The van der Waals surface area contributed by atoms with E-state index in [2.05, 4.69) is 76.8 Å². The van der Waals surface area contributed by atoms with Gasteiger partial charge in [0.15, 0.2) is 5.01 Å². The maximum absolute atomic E-state index is 6.67. The summed E-state index contributed by atoms with van der Waals surface area (Å²) in [6, 6.07) is 13.7. The van der Waals surface area contributed by atoms with Crippen LogP contribution in [0, 0.1) is 6.92 Å². The van der Waals surface area contributed by atoms with Crippen LogP contribution in [0.3, 0.4) is 0 Å². The Morgan fingerprint density at radius 2 is 1.77 bits per heavy atom. The van der Waals surface area contributed by atoms with Gasteiger partial charge < -0.3 is 0 Å². The van der Waals surface area contributed by atoms with Crippen molar-refractivity contribution in [3.8, 4) is 27.8 Å². The average Bonchev–Trinajstić information content (AvgIpc) is 3.55. The van der Waals surface area contributed by atoms with Crippen molar-refractivity contribution in [2.24, 2.45) is 0 Å². The van der Waals surface area contributed by atoms with Crippen LogP contribution >= 0.6 is 34.5 Å². The smallest absolute Gasteiger partial charge is 0.168 e. The standard InChI is InChI=1S/C25H23Cl2N7S/c1-15-5-8-17(9-6-15)34-20(12-33-14-28-13-29-33)21(23-31-32-24(35-23)25(2,3)4)30-22(34)18-10-7-16(26)11-19(18)27/h5-11,13-14H,12H2,1-4H3. The molecular weight excluding hydrogens is 501 g/mol. The van der Waals surface area contributed by atoms with Crippen molar-refractivity contribution in [2.45, 2.75) is 39.7 Å². The van der Waals surface area contributed by atoms with Crippen LogP contribution in [-0.2, 0) is 12.0 Å². The molecule has 0 atom stereocenters. The van der Waals surface area contributed by atoms with E-state index in [0.717, 1.165) is 38.2 Å². The molecule has 0 spiro atoms. The molecule has 35 heavy (non-hydrogen) atoms. The molecule has 10 heteroatoms. The molecule has 2 aromatic carbocycles. The Morgan fingerprint density at radius 1 is 1.00 bits per heavy atom. The van der Waals surface area contributed by atoms with Gasteiger partial charge in [0.25, 0.3) is 0 Å². The van der Waals surface area contributed by atoms with Gasteiger partial charge >= 0.3 is 0 Å². The van der Waals surface area contributed by atoms with E-state index in [9.17, 15) is 0 Å². The number of nitrogens with zero attached hydrogens (tertiary/aromatic N) is 7. The summed E-state index contributed by atoms with van der Waals surface area (Å²) >= 11 is 14.4. The van der Waals surface area contributed by atoms with Gasteiger partial charge in [0.05, 0.1) is 17.3 Å². The minimum absolute atomic E-state index is 0.121. The first kappa shape index (κ1) is 23.7. The SMILES string of the molecule is Cc1ccc(-n2c(-c3ccc(Cl)cc3Cl)nc(-c3nnc(C(C)(C)C)s3)c2Cn2cncn2)cc1. The van der Waals surface area contributed by atoms with Crippen molar-refractivity contribution in [2.75, 3.05) is 0 Å². The predicted octanol–water partition coefficient (Wildman–Crippen LogP) is 6.61. The van der Waals surface area contributed by atoms with E-state index in [4.69, 9.17) is 28.2 Å². The molecule has 0 amide bonds. The van der Waals surface area contributed by atoms with Crippen LogP contribution in [0.1, 0.15) is 37.0 Å². The van der Waals surface area contributed by atoms with E-state index >= 15 is 0 Å². The molecule has 3 aromatic heterocycles. The molecule has 0 aliphatic heterocycles. The zero-order valence-corrected chi connectivity index (χ0v) is 22.0. The topological polar surface area (TPSA) is 74.3 Å². The highest BCUT2D eigenvalue weighted by Gasteiger charge is 2.27. The summed E-state index contributed by atoms with van der Waals surface area (Å²) in [5.41, 5.74) is 4.39. The molecule has 178 valence electrons. The summed E-state index contributed by atoms with van der Waals surface area (Å²) in [6.07, 6.45) is 3.21. The number of aromatic nitrogens is 7. The molecule has 5 aromatic rings. The third kappa shape index (κ3) is 4.74. The number of imidazole rings is 1. The third-order valence-corrected chi connectivity index (χ3v) is 7.39. The Labute approximate surface area is 217 Å². The van der Waals surface area contributed by atoms with E-state index in [1.165, 1.54) is 6.33 Å². The number of aryl methyl sites for hydroxylation is 1. The molecule has 3 heterocycles. The second-order valence-corrected chi connectivity index (χ2v) is 11.1. The van der Waals surface area contributed by atoms with E-state index < -0.39 is 0 Å². The Bertz CT molecular complexity index is 1480. The average molecular weight is 524 g/mol. The lowest BCUT2D eigenvalue weighted by atomic mass is 9.98. The second-order valence-electron chi connectivity index (χ2n) is 9.28. The lowest BCUT2D eigenvalue weighted by molar-refractivity contribution is 0.578. The van der Waals surface area contributed by atoms with Gasteiger partial charge in [-0.15, -0.1) is 10.2 Å². The molecule has 0 unspecified atom stereocenters.